The SMILES string of the molecule is Cc1ccc(NC(=O)c2ccccc2-n2cnc(Cn3nc(-c4ccc(Cl)cc4)n(CC(O)C(F)(F)F)c3=O)n2)cn1. The van der Waals surface area contributed by atoms with Crippen LogP contribution in [0.5, 0.6) is 0 Å². The highest BCUT2D eigenvalue weighted by Crippen LogP contribution is 2.24. The van der Waals surface area contributed by atoms with Gasteiger partial charge in [-0.15, -0.1) is 10.2 Å². The van der Waals surface area contributed by atoms with E-state index in [0.717, 1.165) is 14.9 Å². The summed E-state index contributed by atoms with van der Waals surface area (Å²) in [4.78, 5) is 34.5. The van der Waals surface area contributed by atoms with Gasteiger partial charge in [0.15, 0.2) is 17.8 Å². The standard InChI is InChI=1S/C27H22ClF3N8O3/c1-16-6-11-19(12-32-16)34-25(41)20-4-2-3-5-21(20)39-15-33-23(35-39)14-38-26(42)37(13-22(40)27(29,30)31)24(36-38)17-7-9-18(28)10-8-17/h2-12,15,22,40H,13-14H2,1H3,(H,34,41). The van der Waals surface area contributed by atoms with E-state index in [0.29, 0.717) is 22.0 Å². The second-order valence-electron chi connectivity index (χ2n) is 9.20. The second kappa shape index (κ2) is 11.6. The van der Waals surface area contributed by atoms with Crippen LogP contribution < -0.4 is 11.0 Å². The van der Waals surface area contributed by atoms with Crippen LogP contribution in [0, 0.1) is 6.92 Å². The largest absolute Gasteiger partial charge is 0.416 e. The Bertz CT molecular complexity index is 1780. The Morgan fingerprint density at radius 1 is 1.05 bits per heavy atom. The molecule has 2 N–H and O–H groups in total. The van der Waals surface area contributed by atoms with Crippen LogP contribution in [-0.2, 0) is 13.1 Å². The zero-order valence-electron chi connectivity index (χ0n) is 21.8. The number of aliphatic hydroxyl groups is 1. The first-order valence-electron chi connectivity index (χ1n) is 12.4. The van der Waals surface area contributed by atoms with E-state index in [9.17, 15) is 27.9 Å². The number of alkyl halides is 3. The summed E-state index contributed by atoms with van der Waals surface area (Å²) in [6.07, 6.45) is -4.87. The van der Waals surface area contributed by atoms with Gasteiger partial charge in [-0.05, 0) is 55.5 Å². The van der Waals surface area contributed by atoms with Gasteiger partial charge in [-0.25, -0.2) is 19.1 Å². The summed E-state index contributed by atoms with van der Waals surface area (Å²) in [5.41, 5.74) is 1.37. The molecule has 1 atom stereocenters. The maximum atomic E-state index is 13.2. The monoisotopic (exact) mass is 598 g/mol. The van der Waals surface area contributed by atoms with E-state index < -0.39 is 30.4 Å². The molecule has 0 spiro atoms. The molecule has 0 aliphatic carbocycles. The number of rotatable bonds is 8. The van der Waals surface area contributed by atoms with Gasteiger partial charge in [0.1, 0.15) is 12.9 Å². The highest BCUT2D eigenvalue weighted by molar-refractivity contribution is 6.30. The van der Waals surface area contributed by atoms with Crippen molar-refractivity contribution in [2.45, 2.75) is 32.3 Å². The van der Waals surface area contributed by atoms with Gasteiger partial charge in [0.05, 0.1) is 29.7 Å². The van der Waals surface area contributed by atoms with Crippen molar-refractivity contribution in [2.24, 2.45) is 0 Å². The van der Waals surface area contributed by atoms with Crippen LogP contribution in [0.1, 0.15) is 21.9 Å². The molecule has 3 heterocycles. The fourth-order valence-corrected chi connectivity index (χ4v) is 4.15. The lowest BCUT2D eigenvalue weighted by molar-refractivity contribution is -0.207. The summed E-state index contributed by atoms with van der Waals surface area (Å²) in [6.45, 7) is 0.457. The van der Waals surface area contributed by atoms with Crippen LogP contribution in [0.2, 0.25) is 5.02 Å². The molecular weight excluding hydrogens is 577 g/mol. The van der Waals surface area contributed by atoms with Crippen LogP contribution >= 0.6 is 11.6 Å². The molecule has 216 valence electrons. The number of benzene rings is 2. The normalized spacial score (nSPS) is 12.3. The Morgan fingerprint density at radius 2 is 1.79 bits per heavy atom. The molecule has 42 heavy (non-hydrogen) atoms. The van der Waals surface area contributed by atoms with Gasteiger partial charge >= 0.3 is 11.9 Å². The first-order chi connectivity index (χ1) is 20.0. The summed E-state index contributed by atoms with van der Waals surface area (Å²) in [7, 11) is 0. The van der Waals surface area contributed by atoms with Gasteiger partial charge in [-0.3, -0.25) is 14.3 Å². The number of aromatic nitrogens is 7. The Balaban J connectivity index is 1.44. The number of carbonyl (C=O) groups is 1. The molecule has 5 aromatic rings. The van der Waals surface area contributed by atoms with Gasteiger partial charge in [0, 0.05) is 16.3 Å². The summed E-state index contributed by atoms with van der Waals surface area (Å²) < 4.78 is 42.4. The molecule has 2 aromatic carbocycles. The number of nitrogens with zero attached hydrogens (tertiary/aromatic N) is 7. The number of hydrogen-bond donors (Lipinski definition) is 2. The summed E-state index contributed by atoms with van der Waals surface area (Å²) in [5.74, 6) is -0.426. The highest BCUT2D eigenvalue weighted by Gasteiger charge is 2.39. The summed E-state index contributed by atoms with van der Waals surface area (Å²) in [5, 5.41) is 21.4. The molecule has 0 radical (unpaired) electrons. The fraction of sp³-hybridized carbons (Fsp3) is 0.185. The van der Waals surface area contributed by atoms with Crippen molar-refractivity contribution >= 4 is 23.2 Å². The van der Waals surface area contributed by atoms with E-state index in [4.69, 9.17) is 11.6 Å². The van der Waals surface area contributed by atoms with E-state index >= 15 is 0 Å². The maximum absolute atomic E-state index is 13.2. The lowest BCUT2D eigenvalue weighted by Gasteiger charge is -2.15. The number of anilines is 1. The third kappa shape index (κ3) is 6.24. The average Bonchev–Trinajstić information content (AvgIpc) is 3.55. The van der Waals surface area contributed by atoms with E-state index in [1.165, 1.54) is 41.5 Å². The maximum Gasteiger partial charge on any atom is 0.416 e. The molecule has 5 rings (SSSR count). The van der Waals surface area contributed by atoms with Crippen molar-refractivity contribution in [3.05, 3.63) is 106 Å². The highest BCUT2D eigenvalue weighted by atomic mass is 35.5. The lowest BCUT2D eigenvalue weighted by Crippen LogP contribution is -2.37. The van der Waals surface area contributed by atoms with Crippen molar-refractivity contribution in [2.75, 3.05) is 5.32 Å². The molecular formula is C27H22ClF3N8O3. The number of para-hydroxylation sites is 1. The Morgan fingerprint density at radius 3 is 2.48 bits per heavy atom. The molecule has 0 aliphatic heterocycles. The molecule has 0 saturated heterocycles. The zero-order valence-corrected chi connectivity index (χ0v) is 22.6. The average molecular weight is 599 g/mol. The van der Waals surface area contributed by atoms with E-state index in [1.54, 1.807) is 36.4 Å². The second-order valence-corrected chi connectivity index (χ2v) is 9.64. The Hall–Kier alpha value is -4.82. The van der Waals surface area contributed by atoms with Crippen LogP contribution in [0.25, 0.3) is 17.1 Å². The van der Waals surface area contributed by atoms with E-state index in [-0.39, 0.29) is 23.8 Å². The number of aliphatic hydroxyl groups excluding tert-OH is 1. The van der Waals surface area contributed by atoms with Gasteiger partial charge in [-0.1, -0.05) is 23.7 Å². The van der Waals surface area contributed by atoms with Crippen molar-refractivity contribution in [3.8, 4) is 17.1 Å². The summed E-state index contributed by atoms with van der Waals surface area (Å²) in [6, 6.07) is 16.1. The quantitative estimate of drug-likeness (QED) is 0.277. The van der Waals surface area contributed by atoms with Crippen molar-refractivity contribution in [3.63, 3.8) is 0 Å². The van der Waals surface area contributed by atoms with Gasteiger partial charge in [0.25, 0.3) is 5.91 Å². The number of amides is 1. The Labute approximate surface area is 240 Å². The number of aryl methyl sites for hydroxylation is 1. The predicted molar refractivity (Wildman–Crippen MR) is 146 cm³/mol. The van der Waals surface area contributed by atoms with Crippen LogP contribution in [0.4, 0.5) is 18.9 Å². The van der Waals surface area contributed by atoms with Gasteiger partial charge in [0.2, 0.25) is 0 Å². The molecule has 0 fully saturated rings. The number of carbonyl (C=O) groups excluding carboxylic acids is 1. The minimum atomic E-state index is -4.95. The molecule has 0 saturated carbocycles. The smallest absolute Gasteiger partial charge is 0.382 e. The summed E-state index contributed by atoms with van der Waals surface area (Å²) >= 11 is 5.93. The number of pyridine rings is 1. The minimum Gasteiger partial charge on any atom is -0.382 e. The van der Waals surface area contributed by atoms with Crippen LogP contribution in [0.15, 0.2) is 78.0 Å². The van der Waals surface area contributed by atoms with Gasteiger partial charge < -0.3 is 10.4 Å². The number of hydrogen-bond acceptors (Lipinski definition) is 7. The number of halogens is 4. The zero-order chi connectivity index (χ0) is 30.0. The van der Waals surface area contributed by atoms with Crippen molar-refractivity contribution in [1.82, 2.24) is 34.1 Å². The number of nitrogens with one attached hydrogen (secondary N) is 1. The molecule has 3 aromatic heterocycles. The van der Waals surface area contributed by atoms with Crippen molar-refractivity contribution in [1.29, 1.82) is 0 Å². The van der Waals surface area contributed by atoms with Crippen LogP contribution in [0.3, 0.4) is 0 Å². The Kier molecular flexibility index (Phi) is 7.91. The molecule has 1 unspecified atom stereocenters. The first-order valence-corrected chi connectivity index (χ1v) is 12.8. The van der Waals surface area contributed by atoms with E-state index in [2.05, 4.69) is 25.5 Å². The molecule has 0 bridgehead atoms. The third-order valence-corrected chi connectivity index (χ3v) is 6.41. The van der Waals surface area contributed by atoms with Crippen LogP contribution in [-0.4, -0.2) is 57.4 Å². The lowest BCUT2D eigenvalue weighted by atomic mass is 10.1. The van der Waals surface area contributed by atoms with Gasteiger partial charge in [-0.2, -0.15) is 13.2 Å². The molecule has 15 heteroatoms. The topological polar surface area (TPSA) is 133 Å². The molecule has 1 amide bonds. The fourth-order valence-electron chi connectivity index (χ4n) is 4.02. The third-order valence-electron chi connectivity index (χ3n) is 6.15. The molecule has 11 nitrogen and oxygen atoms in total. The van der Waals surface area contributed by atoms with Crippen molar-refractivity contribution < 1.29 is 23.1 Å². The predicted octanol–water partition coefficient (Wildman–Crippen LogP) is 3.87. The minimum absolute atomic E-state index is 0.0960. The first kappa shape index (κ1) is 28.7. The van der Waals surface area contributed by atoms with E-state index in [1.807, 2.05) is 6.92 Å². The molecule has 0 aliphatic rings.